The third-order valence-corrected chi connectivity index (χ3v) is 4.70. The summed E-state index contributed by atoms with van der Waals surface area (Å²) in [5, 5.41) is 0. The van der Waals surface area contributed by atoms with Gasteiger partial charge in [-0.25, -0.2) is 0 Å². The third kappa shape index (κ3) is 2.92. The predicted octanol–water partition coefficient (Wildman–Crippen LogP) is 2.76. The van der Waals surface area contributed by atoms with Crippen LogP contribution in [0.2, 0.25) is 0 Å². The number of rotatable bonds is 4. The van der Waals surface area contributed by atoms with Gasteiger partial charge in [0.05, 0.1) is 19.0 Å². The molecule has 0 spiro atoms. The Kier molecular flexibility index (Phi) is 4.91. The van der Waals surface area contributed by atoms with Crippen molar-refractivity contribution in [1.82, 2.24) is 4.90 Å². The molecule has 1 unspecified atom stereocenters. The summed E-state index contributed by atoms with van der Waals surface area (Å²) in [4.78, 5) is 14.0. The van der Waals surface area contributed by atoms with Crippen LogP contribution in [-0.2, 0) is 17.8 Å². The molecule has 110 valence electrons. The lowest BCUT2D eigenvalue weighted by atomic mass is 9.98. The minimum Gasteiger partial charge on any atom is -0.493 e. The lowest BCUT2D eigenvalue weighted by Gasteiger charge is -2.31. The summed E-state index contributed by atoms with van der Waals surface area (Å²) in [6, 6.07) is 3.99. The van der Waals surface area contributed by atoms with E-state index in [0.717, 1.165) is 30.7 Å². The molecule has 0 saturated heterocycles. The van der Waals surface area contributed by atoms with Crippen molar-refractivity contribution in [1.29, 1.82) is 0 Å². The van der Waals surface area contributed by atoms with Crippen LogP contribution in [0.5, 0.6) is 11.5 Å². The third-order valence-electron chi connectivity index (χ3n) is 3.66. The molecule has 1 aliphatic rings. The van der Waals surface area contributed by atoms with Gasteiger partial charge in [0.25, 0.3) is 0 Å². The van der Waals surface area contributed by atoms with Gasteiger partial charge in [-0.3, -0.25) is 4.79 Å². The van der Waals surface area contributed by atoms with Crippen molar-refractivity contribution >= 4 is 21.8 Å². The SMILES string of the molecule is CCC(Br)C(=O)N1CCc2cc(OC)c(OC)cc2C1. The van der Waals surface area contributed by atoms with Gasteiger partial charge in [-0.15, -0.1) is 0 Å². The second-order valence-electron chi connectivity index (χ2n) is 4.86. The highest BCUT2D eigenvalue weighted by molar-refractivity contribution is 9.10. The van der Waals surface area contributed by atoms with Crippen molar-refractivity contribution in [3.63, 3.8) is 0 Å². The van der Waals surface area contributed by atoms with E-state index >= 15 is 0 Å². The molecule has 0 saturated carbocycles. The fourth-order valence-electron chi connectivity index (χ4n) is 2.44. The molecule has 5 heteroatoms. The Morgan fingerprint density at radius 3 is 2.45 bits per heavy atom. The van der Waals surface area contributed by atoms with Crippen LogP contribution in [0.4, 0.5) is 0 Å². The summed E-state index contributed by atoms with van der Waals surface area (Å²) in [6.45, 7) is 3.39. The van der Waals surface area contributed by atoms with Crippen LogP contribution in [0.15, 0.2) is 12.1 Å². The number of carbonyl (C=O) groups is 1. The van der Waals surface area contributed by atoms with E-state index in [9.17, 15) is 4.79 Å². The number of fused-ring (bicyclic) bond motifs is 1. The smallest absolute Gasteiger partial charge is 0.236 e. The van der Waals surface area contributed by atoms with E-state index < -0.39 is 0 Å². The predicted molar refractivity (Wildman–Crippen MR) is 81.7 cm³/mol. The van der Waals surface area contributed by atoms with Crippen molar-refractivity contribution in [2.45, 2.75) is 31.1 Å². The second kappa shape index (κ2) is 6.48. The van der Waals surface area contributed by atoms with Gasteiger partial charge >= 0.3 is 0 Å². The van der Waals surface area contributed by atoms with Gasteiger partial charge in [-0.05, 0) is 36.1 Å². The first kappa shape index (κ1) is 15.2. The van der Waals surface area contributed by atoms with E-state index in [0.29, 0.717) is 12.3 Å². The molecule has 1 aromatic carbocycles. The Morgan fingerprint density at radius 1 is 1.30 bits per heavy atom. The summed E-state index contributed by atoms with van der Waals surface area (Å²) in [5.41, 5.74) is 2.37. The lowest BCUT2D eigenvalue weighted by Crippen LogP contribution is -2.40. The van der Waals surface area contributed by atoms with E-state index in [1.54, 1.807) is 14.2 Å². The first-order valence-electron chi connectivity index (χ1n) is 6.77. The first-order valence-corrected chi connectivity index (χ1v) is 7.68. The highest BCUT2D eigenvalue weighted by atomic mass is 79.9. The number of hydrogen-bond acceptors (Lipinski definition) is 3. The maximum absolute atomic E-state index is 12.2. The van der Waals surface area contributed by atoms with E-state index in [2.05, 4.69) is 15.9 Å². The number of benzene rings is 1. The number of nitrogens with zero attached hydrogens (tertiary/aromatic N) is 1. The van der Waals surface area contributed by atoms with E-state index in [4.69, 9.17) is 9.47 Å². The second-order valence-corrected chi connectivity index (χ2v) is 5.97. The topological polar surface area (TPSA) is 38.8 Å². The summed E-state index contributed by atoms with van der Waals surface area (Å²) in [5.74, 6) is 1.62. The van der Waals surface area contributed by atoms with Gasteiger partial charge in [0.15, 0.2) is 11.5 Å². The molecule has 0 bridgehead atoms. The first-order chi connectivity index (χ1) is 9.60. The van der Waals surface area contributed by atoms with Crippen molar-refractivity contribution < 1.29 is 14.3 Å². The molecule has 1 heterocycles. The fraction of sp³-hybridized carbons (Fsp3) is 0.533. The molecule has 0 N–H and O–H groups in total. The van der Waals surface area contributed by atoms with Crippen LogP contribution in [0, 0.1) is 0 Å². The van der Waals surface area contributed by atoms with Crippen LogP contribution in [0.3, 0.4) is 0 Å². The summed E-state index contributed by atoms with van der Waals surface area (Å²) >= 11 is 3.43. The van der Waals surface area contributed by atoms with Crippen LogP contribution < -0.4 is 9.47 Å². The Morgan fingerprint density at radius 2 is 1.90 bits per heavy atom. The Labute approximate surface area is 128 Å². The van der Waals surface area contributed by atoms with Gasteiger partial charge < -0.3 is 14.4 Å². The molecule has 0 fully saturated rings. The number of carbonyl (C=O) groups excluding carboxylic acids is 1. The van der Waals surface area contributed by atoms with Crippen molar-refractivity contribution in [3.8, 4) is 11.5 Å². The zero-order chi connectivity index (χ0) is 14.7. The molecule has 1 atom stereocenters. The van der Waals surface area contributed by atoms with Gasteiger partial charge in [-0.2, -0.15) is 0 Å². The maximum atomic E-state index is 12.2. The number of alkyl halides is 1. The standard InChI is InChI=1S/C15H20BrNO3/c1-4-12(16)15(18)17-6-5-10-7-13(19-2)14(20-3)8-11(10)9-17/h7-8,12H,4-6,9H2,1-3H3. The van der Waals surface area contributed by atoms with Gasteiger partial charge in [0, 0.05) is 13.1 Å². The number of amides is 1. The Bertz CT molecular complexity index is 504. The zero-order valence-electron chi connectivity index (χ0n) is 12.1. The minimum absolute atomic E-state index is 0.0933. The summed E-state index contributed by atoms with van der Waals surface area (Å²) in [7, 11) is 3.27. The molecule has 20 heavy (non-hydrogen) atoms. The largest absolute Gasteiger partial charge is 0.493 e. The monoisotopic (exact) mass is 341 g/mol. The highest BCUT2D eigenvalue weighted by Gasteiger charge is 2.25. The molecule has 1 aliphatic heterocycles. The number of halogens is 1. The van der Waals surface area contributed by atoms with E-state index in [1.807, 2.05) is 24.0 Å². The van der Waals surface area contributed by atoms with Crippen molar-refractivity contribution in [3.05, 3.63) is 23.3 Å². The molecule has 1 amide bonds. The van der Waals surface area contributed by atoms with Gasteiger partial charge in [0.1, 0.15) is 0 Å². The molecule has 1 aromatic rings. The van der Waals surface area contributed by atoms with Crippen LogP contribution in [0.1, 0.15) is 24.5 Å². The van der Waals surface area contributed by atoms with Crippen LogP contribution in [-0.4, -0.2) is 36.4 Å². The normalized spacial score (nSPS) is 15.5. The number of methoxy groups -OCH3 is 2. The Hall–Kier alpha value is -1.23. The van der Waals surface area contributed by atoms with Crippen molar-refractivity contribution in [2.75, 3.05) is 20.8 Å². The van der Waals surface area contributed by atoms with Crippen molar-refractivity contribution in [2.24, 2.45) is 0 Å². The fourth-order valence-corrected chi connectivity index (χ4v) is 2.73. The van der Waals surface area contributed by atoms with Gasteiger partial charge in [-0.1, -0.05) is 22.9 Å². The average Bonchev–Trinajstić information content (AvgIpc) is 2.51. The molecule has 0 aromatic heterocycles. The van der Waals surface area contributed by atoms with E-state index in [1.165, 1.54) is 5.56 Å². The van der Waals surface area contributed by atoms with Gasteiger partial charge in [0.2, 0.25) is 5.91 Å². The molecular weight excluding hydrogens is 322 g/mol. The Balaban J connectivity index is 2.23. The highest BCUT2D eigenvalue weighted by Crippen LogP contribution is 2.33. The molecule has 4 nitrogen and oxygen atoms in total. The summed E-state index contributed by atoms with van der Waals surface area (Å²) < 4.78 is 10.6. The minimum atomic E-state index is -0.0933. The van der Waals surface area contributed by atoms with E-state index in [-0.39, 0.29) is 10.7 Å². The number of hydrogen-bond donors (Lipinski definition) is 0. The average molecular weight is 342 g/mol. The summed E-state index contributed by atoms with van der Waals surface area (Å²) in [6.07, 6.45) is 1.65. The molecule has 0 radical (unpaired) electrons. The maximum Gasteiger partial charge on any atom is 0.236 e. The molecule has 2 rings (SSSR count). The zero-order valence-corrected chi connectivity index (χ0v) is 13.7. The number of ether oxygens (including phenoxy) is 2. The lowest BCUT2D eigenvalue weighted by molar-refractivity contribution is -0.131. The van der Waals surface area contributed by atoms with Crippen LogP contribution in [0.25, 0.3) is 0 Å². The molecule has 0 aliphatic carbocycles. The van der Waals surface area contributed by atoms with Crippen LogP contribution >= 0.6 is 15.9 Å². The molecular formula is C15H20BrNO3. The quantitative estimate of drug-likeness (QED) is 0.790.